The van der Waals surface area contributed by atoms with Gasteiger partial charge in [-0.15, -0.1) is 11.3 Å². The van der Waals surface area contributed by atoms with E-state index in [1.165, 1.54) is 11.3 Å². The van der Waals surface area contributed by atoms with Crippen LogP contribution in [0.5, 0.6) is 5.75 Å². The number of furan rings is 1. The summed E-state index contributed by atoms with van der Waals surface area (Å²) in [4.78, 5) is 23.9. The molecule has 4 heterocycles. The zero-order valence-electron chi connectivity index (χ0n) is 21.0. The van der Waals surface area contributed by atoms with Gasteiger partial charge >= 0.3 is 6.03 Å². The van der Waals surface area contributed by atoms with Gasteiger partial charge in [0.1, 0.15) is 11.5 Å². The van der Waals surface area contributed by atoms with Gasteiger partial charge in [0.05, 0.1) is 31.3 Å². The van der Waals surface area contributed by atoms with Gasteiger partial charge in [-0.2, -0.15) is 0 Å². The minimum atomic E-state index is -0.0931. The number of carbonyl (C=O) groups is 1. The molecule has 0 aliphatic carbocycles. The van der Waals surface area contributed by atoms with Crippen LogP contribution < -0.4 is 20.2 Å². The first-order valence-corrected chi connectivity index (χ1v) is 13.2. The number of piperidine rings is 1. The van der Waals surface area contributed by atoms with E-state index in [9.17, 15) is 4.79 Å². The summed E-state index contributed by atoms with van der Waals surface area (Å²) in [5.74, 6) is 2.00. The van der Waals surface area contributed by atoms with E-state index in [-0.39, 0.29) is 12.1 Å². The number of ether oxygens (including phenoxy) is 1. The lowest BCUT2D eigenvalue weighted by molar-refractivity contribution is 0.182. The molecule has 0 atom stereocenters. The number of likely N-dealkylation sites (tertiary alicyclic amines) is 1. The van der Waals surface area contributed by atoms with Gasteiger partial charge in [-0.05, 0) is 54.8 Å². The van der Waals surface area contributed by atoms with Crippen molar-refractivity contribution in [3.63, 3.8) is 0 Å². The fraction of sp³-hybridized carbons (Fsp3) is 0.259. The monoisotopic (exact) mass is 531 g/mol. The normalized spacial score (nSPS) is 14.3. The Labute approximate surface area is 224 Å². The Morgan fingerprint density at radius 3 is 2.87 bits per heavy atom. The van der Waals surface area contributed by atoms with Crippen molar-refractivity contribution in [2.45, 2.75) is 25.4 Å². The Morgan fingerprint density at radius 2 is 2.13 bits per heavy atom. The van der Waals surface area contributed by atoms with Gasteiger partial charge in [-0.3, -0.25) is 9.98 Å². The van der Waals surface area contributed by atoms with Gasteiger partial charge in [-0.1, -0.05) is 12.1 Å². The van der Waals surface area contributed by atoms with Gasteiger partial charge in [-0.25, -0.2) is 14.8 Å². The smallest absolute Gasteiger partial charge is 0.317 e. The topological polar surface area (TPSA) is 121 Å². The number of rotatable bonds is 8. The summed E-state index contributed by atoms with van der Waals surface area (Å²) in [5, 5.41) is 16.6. The number of nitrogens with zero attached hydrogens (tertiary/aromatic N) is 4. The lowest BCUT2D eigenvalue weighted by atomic mass is 10.1. The van der Waals surface area contributed by atoms with Crippen LogP contribution in [0.2, 0.25) is 0 Å². The van der Waals surface area contributed by atoms with Crippen molar-refractivity contribution in [1.29, 1.82) is 5.41 Å². The predicted molar refractivity (Wildman–Crippen MR) is 146 cm³/mol. The molecule has 3 N–H and O–H groups in total. The molecule has 2 amide bonds. The maximum atomic E-state index is 12.5. The quantitative estimate of drug-likeness (QED) is 0.313. The summed E-state index contributed by atoms with van der Waals surface area (Å²) in [6.07, 6.45) is 8.73. The molecule has 0 unspecified atom stereocenters. The molecule has 10 nitrogen and oxygen atoms in total. The summed E-state index contributed by atoms with van der Waals surface area (Å²) >= 11 is 1.35. The van der Waals surface area contributed by atoms with Crippen molar-refractivity contribution >= 4 is 35.1 Å². The van der Waals surface area contributed by atoms with Gasteiger partial charge in [0.2, 0.25) is 5.95 Å². The molecule has 1 fully saturated rings. The predicted octanol–water partition coefficient (Wildman–Crippen LogP) is 4.25. The highest BCUT2D eigenvalue weighted by molar-refractivity contribution is 7.07. The van der Waals surface area contributed by atoms with Gasteiger partial charge in [0.25, 0.3) is 0 Å². The molecule has 38 heavy (non-hydrogen) atoms. The third kappa shape index (κ3) is 6.12. The second-order valence-electron chi connectivity index (χ2n) is 8.79. The molecule has 11 heteroatoms. The number of thiazole rings is 1. The molecular formula is C27H29N7O3S. The highest BCUT2D eigenvalue weighted by Gasteiger charge is 2.23. The Balaban J connectivity index is 1.27. The van der Waals surface area contributed by atoms with E-state index in [1.54, 1.807) is 30.2 Å². The van der Waals surface area contributed by atoms with E-state index in [4.69, 9.17) is 19.5 Å². The van der Waals surface area contributed by atoms with Crippen LogP contribution in [0.25, 0.3) is 11.8 Å². The highest BCUT2D eigenvalue weighted by atomic mass is 32.1. The van der Waals surface area contributed by atoms with Crippen LogP contribution in [0.4, 0.5) is 10.7 Å². The standard InChI is InChI=1S/C27H29N7O3S/c1-36-21-5-2-4-19(16-21)17-24(34-13-15-38-25(34)28)23-7-10-29-26(32-23)31-20-8-11-33(12-9-20)27(35)30-18-22-6-3-14-37-22/h2-7,10,13-17,20,28H,8-9,11-12,18H2,1H3,(H,30,35)(H,29,31,32)/b24-17+,28-25?. The summed E-state index contributed by atoms with van der Waals surface area (Å²) in [5.41, 5.74) is 2.39. The van der Waals surface area contributed by atoms with E-state index >= 15 is 0 Å². The average molecular weight is 532 g/mol. The van der Waals surface area contributed by atoms with E-state index in [0.29, 0.717) is 36.1 Å². The number of aromatic nitrogens is 3. The molecule has 3 aromatic heterocycles. The first-order valence-electron chi connectivity index (χ1n) is 12.3. The highest BCUT2D eigenvalue weighted by Crippen LogP contribution is 2.22. The lowest BCUT2D eigenvalue weighted by Gasteiger charge is -2.32. The maximum absolute atomic E-state index is 12.5. The summed E-state index contributed by atoms with van der Waals surface area (Å²) in [6.45, 7) is 1.64. The van der Waals surface area contributed by atoms with E-state index < -0.39 is 0 Å². The molecule has 0 radical (unpaired) electrons. The molecule has 1 aromatic carbocycles. The van der Waals surface area contributed by atoms with Gasteiger partial charge in [0, 0.05) is 36.9 Å². The number of hydrogen-bond acceptors (Lipinski definition) is 8. The Bertz CT molecular complexity index is 1450. The van der Waals surface area contributed by atoms with Crippen molar-refractivity contribution < 1.29 is 13.9 Å². The Hall–Kier alpha value is -4.38. The van der Waals surface area contributed by atoms with Crippen molar-refractivity contribution in [3.05, 3.63) is 88.3 Å². The van der Waals surface area contributed by atoms with E-state index in [2.05, 4.69) is 15.6 Å². The van der Waals surface area contributed by atoms with Crippen LogP contribution in [0.3, 0.4) is 0 Å². The van der Waals surface area contributed by atoms with Crippen molar-refractivity contribution in [2.75, 3.05) is 25.5 Å². The largest absolute Gasteiger partial charge is 0.497 e. The maximum Gasteiger partial charge on any atom is 0.317 e. The van der Waals surface area contributed by atoms with E-state index in [0.717, 1.165) is 35.6 Å². The minimum absolute atomic E-state index is 0.0931. The fourth-order valence-corrected chi connectivity index (χ4v) is 4.88. The second kappa shape index (κ2) is 11.8. The third-order valence-electron chi connectivity index (χ3n) is 6.29. The number of hydrogen-bond donors (Lipinski definition) is 3. The molecule has 5 rings (SSSR count). The van der Waals surface area contributed by atoms with Crippen molar-refractivity contribution in [2.24, 2.45) is 0 Å². The number of urea groups is 1. The average Bonchev–Trinajstić information content (AvgIpc) is 3.63. The molecule has 196 valence electrons. The first-order chi connectivity index (χ1) is 18.6. The van der Waals surface area contributed by atoms with Crippen LogP contribution in [0, 0.1) is 5.41 Å². The third-order valence-corrected chi connectivity index (χ3v) is 6.97. The van der Waals surface area contributed by atoms with Crippen LogP contribution in [0.15, 0.2) is 70.9 Å². The molecule has 0 spiro atoms. The van der Waals surface area contributed by atoms with Gasteiger partial charge in [0.15, 0.2) is 4.80 Å². The van der Waals surface area contributed by atoms with Crippen LogP contribution >= 0.6 is 11.3 Å². The number of nitrogens with one attached hydrogen (secondary N) is 3. The van der Waals surface area contributed by atoms with Crippen LogP contribution in [-0.2, 0) is 6.54 Å². The summed E-state index contributed by atoms with van der Waals surface area (Å²) < 4.78 is 12.5. The van der Waals surface area contributed by atoms with Crippen LogP contribution in [-0.4, -0.2) is 51.7 Å². The summed E-state index contributed by atoms with van der Waals surface area (Å²) in [6, 6.07) is 13.3. The van der Waals surface area contributed by atoms with E-state index in [1.807, 2.05) is 59.0 Å². The minimum Gasteiger partial charge on any atom is -0.497 e. The Morgan fingerprint density at radius 1 is 1.26 bits per heavy atom. The molecule has 1 aliphatic heterocycles. The zero-order valence-corrected chi connectivity index (χ0v) is 21.8. The number of anilines is 1. The number of benzene rings is 1. The Kier molecular flexibility index (Phi) is 7.84. The number of carbonyl (C=O) groups excluding carboxylic acids is 1. The second-order valence-corrected chi connectivity index (χ2v) is 9.69. The molecule has 0 saturated carbocycles. The molecule has 1 saturated heterocycles. The molecular weight excluding hydrogens is 502 g/mol. The first kappa shape index (κ1) is 25.3. The molecule has 1 aliphatic rings. The van der Waals surface area contributed by atoms with Crippen LogP contribution in [0.1, 0.15) is 29.9 Å². The molecule has 0 bridgehead atoms. The summed E-state index contributed by atoms with van der Waals surface area (Å²) in [7, 11) is 1.64. The van der Waals surface area contributed by atoms with Crippen molar-refractivity contribution in [1.82, 2.24) is 24.8 Å². The lowest BCUT2D eigenvalue weighted by Crippen LogP contribution is -2.46. The molecule has 4 aromatic rings. The van der Waals surface area contributed by atoms with Gasteiger partial charge < -0.3 is 24.7 Å². The zero-order chi connectivity index (χ0) is 26.3. The van der Waals surface area contributed by atoms with Crippen molar-refractivity contribution in [3.8, 4) is 5.75 Å². The fourth-order valence-electron chi connectivity index (χ4n) is 4.29. The number of methoxy groups -OCH3 is 1. The SMILES string of the molecule is COc1cccc(/C=C(\c2ccnc(NC3CCN(C(=O)NCc4ccco4)CC3)n2)n2ccsc2=N)c1. The number of amides is 2.